The third kappa shape index (κ3) is 3.43. The smallest absolute Gasteiger partial charge is 0.277 e. The van der Waals surface area contributed by atoms with Gasteiger partial charge in [0.2, 0.25) is 0 Å². The predicted octanol–water partition coefficient (Wildman–Crippen LogP) is 1.28. The minimum atomic E-state index is -0.377. The number of hydrogen-bond acceptors (Lipinski definition) is 6. The van der Waals surface area contributed by atoms with E-state index in [-0.39, 0.29) is 23.3 Å². The van der Waals surface area contributed by atoms with Crippen molar-refractivity contribution in [2.45, 2.75) is 25.9 Å². The number of nitrogens with zero attached hydrogens (tertiary/aromatic N) is 3. The SMILES string of the molecule is Cc1cnc(N2CCC(OCCO)CC2)cc1[N+](=O)[O-]. The van der Waals surface area contributed by atoms with Crippen molar-refractivity contribution in [1.82, 2.24) is 4.98 Å². The number of aryl methyl sites for hydroxylation is 1. The zero-order valence-electron chi connectivity index (χ0n) is 11.5. The van der Waals surface area contributed by atoms with E-state index in [9.17, 15) is 10.1 Å². The van der Waals surface area contributed by atoms with Crippen molar-refractivity contribution in [1.29, 1.82) is 0 Å². The molecule has 0 atom stereocenters. The fourth-order valence-electron chi connectivity index (χ4n) is 2.34. The molecule has 0 aliphatic carbocycles. The van der Waals surface area contributed by atoms with Crippen LogP contribution in [0.4, 0.5) is 11.5 Å². The van der Waals surface area contributed by atoms with Gasteiger partial charge in [-0.25, -0.2) is 4.98 Å². The van der Waals surface area contributed by atoms with E-state index in [0.29, 0.717) is 18.0 Å². The molecule has 20 heavy (non-hydrogen) atoms. The Morgan fingerprint density at radius 1 is 1.55 bits per heavy atom. The molecule has 1 aliphatic rings. The second-order valence-corrected chi connectivity index (χ2v) is 4.87. The largest absolute Gasteiger partial charge is 0.394 e. The van der Waals surface area contributed by atoms with Crippen molar-refractivity contribution in [3.05, 3.63) is 27.9 Å². The first-order chi connectivity index (χ1) is 9.61. The number of ether oxygens (including phenoxy) is 1. The van der Waals surface area contributed by atoms with Gasteiger partial charge in [0, 0.05) is 24.8 Å². The summed E-state index contributed by atoms with van der Waals surface area (Å²) >= 11 is 0. The molecule has 2 heterocycles. The topological polar surface area (TPSA) is 88.7 Å². The molecular formula is C13H19N3O4. The van der Waals surface area contributed by atoms with Gasteiger partial charge in [0.05, 0.1) is 30.3 Å². The number of hydrogen-bond donors (Lipinski definition) is 1. The van der Waals surface area contributed by atoms with Crippen LogP contribution >= 0.6 is 0 Å². The highest BCUT2D eigenvalue weighted by Crippen LogP contribution is 2.25. The lowest BCUT2D eigenvalue weighted by atomic mass is 10.1. The summed E-state index contributed by atoms with van der Waals surface area (Å²) in [5.41, 5.74) is 0.675. The number of anilines is 1. The number of rotatable bonds is 5. The summed E-state index contributed by atoms with van der Waals surface area (Å²) in [7, 11) is 0. The number of nitro groups is 1. The Bertz CT molecular complexity index is 473. The summed E-state index contributed by atoms with van der Waals surface area (Å²) in [5.74, 6) is 0.642. The Morgan fingerprint density at radius 2 is 2.25 bits per heavy atom. The number of aliphatic hydroxyl groups is 1. The monoisotopic (exact) mass is 281 g/mol. The highest BCUT2D eigenvalue weighted by atomic mass is 16.6. The average molecular weight is 281 g/mol. The first-order valence-electron chi connectivity index (χ1n) is 6.70. The van der Waals surface area contributed by atoms with Gasteiger partial charge < -0.3 is 14.7 Å². The van der Waals surface area contributed by atoms with Crippen LogP contribution in [0.1, 0.15) is 18.4 Å². The molecule has 7 heteroatoms. The molecule has 1 aromatic rings. The first kappa shape index (κ1) is 14.7. The van der Waals surface area contributed by atoms with Crippen LogP contribution in [0.2, 0.25) is 0 Å². The van der Waals surface area contributed by atoms with Crippen molar-refractivity contribution in [2.24, 2.45) is 0 Å². The van der Waals surface area contributed by atoms with Gasteiger partial charge in [0.25, 0.3) is 5.69 Å². The summed E-state index contributed by atoms with van der Waals surface area (Å²) < 4.78 is 5.49. The standard InChI is InChI=1S/C13H19N3O4/c1-10-9-14-13(8-12(10)16(18)19)15-4-2-11(3-5-15)20-7-6-17/h8-9,11,17H,2-7H2,1H3. The lowest BCUT2D eigenvalue weighted by Gasteiger charge is -2.32. The van der Waals surface area contributed by atoms with E-state index in [1.165, 1.54) is 6.07 Å². The third-order valence-corrected chi connectivity index (χ3v) is 3.47. The van der Waals surface area contributed by atoms with Crippen molar-refractivity contribution < 1.29 is 14.8 Å². The molecule has 0 amide bonds. The second kappa shape index (κ2) is 6.62. The molecule has 0 spiro atoms. The van der Waals surface area contributed by atoms with Crippen LogP contribution in [0.5, 0.6) is 0 Å². The molecule has 2 rings (SSSR count). The zero-order valence-corrected chi connectivity index (χ0v) is 11.5. The molecule has 110 valence electrons. The molecule has 0 unspecified atom stereocenters. The Morgan fingerprint density at radius 3 is 2.85 bits per heavy atom. The maximum absolute atomic E-state index is 10.9. The number of pyridine rings is 1. The summed E-state index contributed by atoms with van der Waals surface area (Å²) in [4.78, 5) is 16.9. The van der Waals surface area contributed by atoms with Gasteiger partial charge in [0.15, 0.2) is 0 Å². The van der Waals surface area contributed by atoms with E-state index >= 15 is 0 Å². The molecule has 0 saturated carbocycles. The summed E-state index contributed by atoms with van der Waals surface area (Å²) in [5, 5.41) is 19.7. The number of aromatic nitrogens is 1. The van der Waals surface area contributed by atoms with Gasteiger partial charge in [-0.1, -0.05) is 0 Å². The minimum absolute atomic E-state index is 0.0337. The first-order valence-corrected chi connectivity index (χ1v) is 6.70. The molecular weight excluding hydrogens is 262 g/mol. The maximum Gasteiger partial charge on any atom is 0.277 e. The molecule has 1 saturated heterocycles. The van der Waals surface area contributed by atoms with Crippen LogP contribution in [-0.2, 0) is 4.74 Å². The number of piperidine rings is 1. The normalized spacial score (nSPS) is 16.4. The van der Waals surface area contributed by atoms with Crippen LogP contribution in [0, 0.1) is 17.0 Å². The zero-order chi connectivity index (χ0) is 14.5. The molecule has 1 N–H and O–H groups in total. The van der Waals surface area contributed by atoms with Gasteiger partial charge in [-0.15, -0.1) is 0 Å². The van der Waals surface area contributed by atoms with Crippen molar-refractivity contribution >= 4 is 11.5 Å². The van der Waals surface area contributed by atoms with E-state index < -0.39 is 0 Å². The van der Waals surface area contributed by atoms with Crippen LogP contribution < -0.4 is 4.90 Å². The molecule has 1 aliphatic heterocycles. The van der Waals surface area contributed by atoms with Gasteiger partial charge in [-0.3, -0.25) is 10.1 Å². The lowest BCUT2D eigenvalue weighted by molar-refractivity contribution is -0.385. The fraction of sp³-hybridized carbons (Fsp3) is 0.615. The fourth-order valence-corrected chi connectivity index (χ4v) is 2.34. The molecule has 7 nitrogen and oxygen atoms in total. The van der Waals surface area contributed by atoms with Crippen molar-refractivity contribution in [2.75, 3.05) is 31.2 Å². The molecule has 1 aromatic heterocycles. The highest BCUT2D eigenvalue weighted by Gasteiger charge is 2.22. The van der Waals surface area contributed by atoms with Crippen LogP contribution in [0.25, 0.3) is 0 Å². The summed E-state index contributed by atoms with van der Waals surface area (Å²) in [6.45, 7) is 3.58. The Labute approximate surface area is 117 Å². The van der Waals surface area contributed by atoms with E-state index in [1.54, 1.807) is 13.1 Å². The lowest BCUT2D eigenvalue weighted by Crippen LogP contribution is -2.37. The van der Waals surface area contributed by atoms with E-state index in [0.717, 1.165) is 25.9 Å². The molecule has 1 fully saturated rings. The molecule has 0 aromatic carbocycles. The quantitative estimate of drug-likeness (QED) is 0.646. The summed E-state index contributed by atoms with van der Waals surface area (Å²) in [6.07, 6.45) is 3.37. The van der Waals surface area contributed by atoms with Gasteiger partial charge in [-0.05, 0) is 19.8 Å². The minimum Gasteiger partial charge on any atom is -0.394 e. The van der Waals surface area contributed by atoms with E-state index in [2.05, 4.69) is 4.98 Å². The predicted molar refractivity (Wildman–Crippen MR) is 73.9 cm³/mol. The van der Waals surface area contributed by atoms with Crippen LogP contribution in [0.15, 0.2) is 12.3 Å². The maximum atomic E-state index is 10.9. The van der Waals surface area contributed by atoms with Gasteiger partial charge >= 0.3 is 0 Å². The van der Waals surface area contributed by atoms with Gasteiger partial charge in [0.1, 0.15) is 5.82 Å². The van der Waals surface area contributed by atoms with Crippen LogP contribution in [-0.4, -0.2) is 47.4 Å². The van der Waals surface area contributed by atoms with E-state index in [4.69, 9.17) is 9.84 Å². The highest BCUT2D eigenvalue weighted by molar-refractivity contribution is 5.50. The van der Waals surface area contributed by atoms with Gasteiger partial charge in [-0.2, -0.15) is 0 Å². The third-order valence-electron chi connectivity index (χ3n) is 3.47. The Kier molecular flexibility index (Phi) is 4.86. The van der Waals surface area contributed by atoms with Crippen LogP contribution in [0.3, 0.4) is 0 Å². The molecule has 0 bridgehead atoms. The van der Waals surface area contributed by atoms with E-state index in [1.807, 2.05) is 4.90 Å². The molecule has 0 radical (unpaired) electrons. The Balaban J connectivity index is 2.00. The Hall–Kier alpha value is -1.73. The average Bonchev–Trinajstić information content (AvgIpc) is 2.46. The van der Waals surface area contributed by atoms with Crippen molar-refractivity contribution in [3.8, 4) is 0 Å². The summed E-state index contributed by atoms with van der Waals surface area (Å²) in [6, 6.07) is 1.53. The number of aliphatic hydroxyl groups excluding tert-OH is 1. The second-order valence-electron chi connectivity index (χ2n) is 4.87. The van der Waals surface area contributed by atoms with Crippen molar-refractivity contribution in [3.63, 3.8) is 0 Å².